The van der Waals surface area contributed by atoms with E-state index in [1.165, 1.54) is 29.0 Å². The van der Waals surface area contributed by atoms with Crippen LogP contribution in [0.2, 0.25) is 5.02 Å². The number of anilines is 1. The molecule has 5 rings (SSSR count). The fourth-order valence-electron chi connectivity index (χ4n) is 4.57. The molecule has 0 radical (unpaired) electrons. The van der Waals surface area contributed by atoms with Gasteiger partial charge < -0.3 is 9.88 Å². The molecule has 31 heavy (non-hydrogen) atoms. The topological polar surface area (TPSA) is 52.2 Å². The van der Waals surface area contributed by atoms with Crippen molar-refractivity contribution in [2.24, 2.45) is 0 Å². The highest BCUT2D eigenvalue weighted by Gasteiger charge is 2.20. The molecule has 1 aromatic carbocycles. The second-order valence-corrected chi connectivity index (χ2v) is 10.9. The number of nitrogens with zero attached hydrogens (tertiary/aromatic N) is 3. The predicted octanol–water partition coefficient (Wildman–Crippen LogP) is 4.82. The van der Waals surface area contributed by atoms with Gasteiger partial charge in [0.05, 0.1) is 5.39 Å². The van der Waals surface area contributed by atoms with Crippen LogP contribution in [-0.2, 0) is 12.8 Å². The molecular formula is C23H27ClN4OS2. The van der Waals surface area contributed by atoms with E-state index in [1.54, 1.807) is 23.1 Å². The molecule has 0 bridgehead atoms. The monoisotopic (exact) mass is 474 g/mol. The largest absolute Gasteiger partial charge is 0.369 e. The van der Waals surface area contributed by atoms with Gasteiger partial charge in [-0.15, -0.1) is 11.3 Å². The van der Waals surface area contributed by atoms with Crippen molar-refractivity contribution in [1.29, 1.82) is 0 Å². The lowest BCUT2D eigenvalue weighted by atomic mass is 9.97. The first-order chi connectivity index (χ1) is 15.2. The highest BCUT2D eigenvalue weighted by atomic mass is 35.5. The standard InChI is InChI=1S/C23H27ClN4OS2/c24-16-5-3-6-17(15-16)28-12-10-27(11-13-28)9-4-14-30-23-25-21(29)20-18-7-1-2-8-19(18)31-22(20)26-23/h3,5-6,15H,1-2,4,7-14H2,(H,25,26,29). The number of aryl methyl sites for hydroxylation is 2. The van der Waals surface area contributed by atoms with Gasteiger partial charge in [-0.3, -0.25) is 9.69 Å². The van der Waals surface area contributed by atoms with Gasteiger partial charge in [0.1, 0.15) is 4.83 Å². The van der Waals surface area contributed by atoms with Crippen LogP contribution in [0.4, 0.5) is 5.69 Å². The molecule has 0 unspecified atom stereocenters. The summed E-state index contributed by atoms with van der Waals surface area (Å²) in [6, 6.07) is 8.11. The number of hydrogen-bond donors (Lipinski definition) is 1. The molecule has 2 aromatic heterocycles. The Bertz CT molecular complexity index is 1120. The molecule has 8 heteroatoms. The van der Waals surface area contributed by atoms with Gasteiger partial charge in [0.15, 0.2) is 5.16 Å². The number of aromatic amines is 1. The van der Waals surface area contributed by atoms with E-state index in [4.69, 9.17) is 16.6 Å². The first-order valence-electron chi connectivity index (χ1n) is 11.1. The Hall–Kier alpha value is -1.54. The molecular weight excluding hydrogens is 448 g/mol. The molecule has 0 amide bonds. The Morgan fingerprint density at radius 2 is 2.00 bits per heavy atom. The molecule has 1 aliphatic heterocycles. The fourth-order valence-corrected chi connectivity index (χ4v) is 6.86. The summed E-state index contributed by atoms with van der Waals surface area (Å²) in [5.41, 5.74) is 2.51. The van der Waals surface area contributed by atoms with Crippen LogP contribution in [-0.4, -0.2) is 53.3 Å². The summed E-state index contributed by atoms with van der Waals surface area (Å²) in [7, 11) is 0. The summed E-state index contributed by atoms with van der Waals surface area (Å²) < 4.78 is 0. The molecule has 3 aromatic rings. The van der Waals surface area contributed by atoms with Crippen LogP contribution in [0.5, 0.6) is 0 Å². The molecule has 0 spiro atoms. The zero-order valence-electron chi connectivity index (χ0n) is 17.5. The summed E-state index contributed by atoms with van der Waals surface area (Å²) >= 11 is 9.52. The quantitative estimate of drug-likeness (QED) is 0.315. The second kappa shape index (κ2) is 9.53. The van der Waals surface area contributed by atoms with E-state index >= 15 is 0 Å². The van der Waals surface area contributed by atoms with E-state index in [0.717, 1.165) is 78.1 Å². The number of hydrogen-bond acceptors (Lipinski definition) is 6. The van der Waals surface area contributed by atoms with Crippen molar-refractivity contribution in [3.63, 3.8) is 0 Å². The lowest BCUT2D eigenvalue weighted by Crippen LogP contribution is -2.46. The molecule has 1 fully saturated rings. The number of H-pyrrole nitrogens is 1. The van der Waals surface area contributed by atoms with Gasteiger partial charge >= 0.3 is 0 Å². The van der Waals surface area contributed by atoms with Crippen molar-refractivity contribution in [2.75, 3.05) is 43.4 Å². The lowest BCUT2D eigenvalue weighted by molar-refractivity contribution is 0.259. The van der Waals surface area contributed by atoms with Gasteiger partial charge in [0, 0.05) is 47.5 Å². The van der Waals surface area contributed by atoms with Gasteiger partial charge in [-0.2, -0.15) is 0 Å². The third-order valence-electron chi connectivity index (χ3n) is 6.21. The minimum atomic E-state index is 0.0454. The Kier molecular flexibility index (Phi) is 6.55. The first-order valence-corrected chi connectivity index (χ1v) is 13.3. The Balaban J connectivity index is 1.11. The number of halogens is 1. The normalized spacial score (nSPS) is 17.3. The highest BCUT2D eigenvalue weighted by Crippen LogP contribution is 2.34. The Labute approximate surface area is 195 Å². The number of aromatic nitrogens is 2. The average molecular weight is 475 g/mol. The number of piperazine rings is 1. The number of thioether (sulfide) groups is 1. The Morgan fingerprint density at radius 3 is 2.84 bits per heavy atom. The maximum atomic E-state index is 12.7. The molecule has 3 heterocycles. The van der Waals surface area contributed by atoms with E-state index in [0.29, 0.717) is 0 Å². The summed E-state index contributed by atoms with van der Waals surface area (Å²) in [6.07, 6.45) is 5.62. The minimum absolute atomic E-state index is 0.0454. The SMILES string of the molecule is O=c1[nH]c(SCCCN2CCN(c3cccc(Cl)c3)CC2)nc2sc3c(c12)CCCC3. The summed E-state index contributed by atoms with van der Waals surface area (Å²) in [6.45, 7) is 5.28. The van der Waals surface area contributed by atoms with Gasteiger partial charge in [-0.05, 0) is 62.4 Å². The molecule has 1 N–H and O–H groups in total. The maximum absolute atomic E-state index is 12.7. The van der Waals surface area contributed by atoms with Gasteiger partial charge in [-0.1, -0.05) is 29.4 Å². The lowest BCUT2D eigenvalue weighted by Gasteiger charge is -2.36. The number of nitrogens with one attached hydrogen (secondary N) is 1. The molecule has 164 valence electrons. The molecule has 5 nitrogen and oxygen atoms in total. The van der Waals surface area contributed by atoms with E-state index in [1.807, 2.05) is 18.2 Å². The third kappa shape index (κ3) is 4.80. The van der Waals surface area contributed by atoms with Crippen LogP contribution in [0, 0.1) is 0 Å². The van der Waals surface area contributed by atoms with Crippen molar-refractivity contribution in [3.05, 3.63) is 50.1 Å². The van der Waals surface area contributed by atoms with Gasteiger partial charge in [-0.25, -0.2) is 4.98 Å². The van der Waals surface area contributed by atoms with Crippen LogP contribution in [0.3, 0.4) is 0 Å². The number of rotatable bonds is 6. The number of fused-ring (bicyclic) bond motifs is 3. The van der Waals surface area contributed by atoms with E-state index in [9.17, 15) is 4.79 Å². The first kappa shape index (κ1) is 21.3. The van der Waals surface area contributed by atoms with Crippen LogP contribution in [0.15, 0.2) is 34.2 Å². The van der Waals surface area contributed by atoms with Gasteiger partial charge in [0.2, 0.25) is 0 Å². The Morgan fingerprint density at radius 1 is 1.16 bits per heavy atom. The van der Waals surface area contributed by atoms with E-state index < -0.39 is 0 Å². The minimum Gasteiger partial charge on any atom is -0.369 e. The van der Waals surface area contributed by atoms with Gasteiger partial charge in [0.25, 0.3) is 5.56 Å². The smallest absolute Gasteiger partial charge is 0.260 e. The summed E-state index contributed by atoms with van der Waals surface area (Å²) in [5.74, 6) is 0.966. The van der Waals surface area contributed by atoms with Crippen molar-refractivity contribution >= 4 is 50.6 Å². The zero-order chi connectivity index (χ0) is 21.2. The van der Waals surface area contributed by atoms with Crippen LogP contribution >= 0.6 is 34.7 Å². The molecule has 1 saturated heterocycles. The number of benzene rings is 1. The van der Waals surface area contributed by atoms with Crippen LogP contribution < -0.4 is 10.5 Å². The third-order valence-corrected chi connectivity index (χ3v) is 8.59. The van der Waals surface area contributed by atoms with Crippen molar-refractivity contribution in [3.8, 4) is 0 Å². The second-order valence-electron chi connectivity index (χ2n) is 8.27. The maximum Gasteiger partial charge on any atom is 0.260 e. The van der Waals surface area contributed by atoms with Crippen molar-refractivity contribution in [2.45, 2.75) is 37.3 Å². The van der Waals surface area contributed by atoms with E-state index in [-0.39, 0.29) is 5.56 Å². The van der Waals surface area contributed by atoms with Crippen LogP contribution in [0.25, 0.3) is 10.2 Å². The molecule has 1 aliphatic carbocycles. The van der Waals surface area contributed by atoms with Crippen molar-refractivity contribution in [1.82, 2.24) is 14.9 Å². The molecule has 2 aliphatic rings. The average Bonchev–Trinajstić information content (AvgIpc) is 3.16. The molecule has 0 atom stereocenters. The fraction of sp³-hybridized carbons (Fsp3) is 0.478. The summed E-state index contributed by atoms with van der Waals surface area (Å²) in [4.78, 5) is 27.7. The summed E-state index contributed by atoms with van der Waals surface area (Å²) in [5, 5.41) is 2.41. The van der Waals surface area contributed by atoms with Crippen molar-refractivity contribution < 1.29 is 0 Å². The number of thiophene rings is 1. The highest BCUT2D eigenvalue weighted by molar-refractivity contribution is 7.99. The van der Waals surface area contributed by atoms with E-state index in [2.05, 4.69) is 20.9 Å². The molecule has 0 saturated carbocycles. The van der Waals surface area contributed by atoms with Crippen LogP contribution in [0.1, 0.15) is 29.7 Å². The zero-order valence-corrected chi connectivity index (χ0v) is 19.9. The predicted molar refractivity (Wildman–Crippen MR) is 132 cm³/mol.